The van der Waals surface area contributed by atoms with Gasteiger partial charge >= 0.3 is 5.97 Å². The van der Waals surface area contributed by atoms with Gasteiger partial charge in [-0.25, -0.2) is 22.4 Å². The first-order valence-electron chi connectivity index (χ1n) is 12.2. The van der Waals surface area contributed by atoms with Gasteiger partial charge in [0.1, 0.15) is 6.04 Å². The van der Waals surface area contributed by atoms with Crippen LogP contribution in [0.5, 0.6) is 0 Å². The van der Waals surface area contributed by atoms with Crippen LogP contribution >= 0.6 is 12.2 Å². The molecule has 1 fully saturated rings. The number of hydrogen-bond donors (Lipinski definition) is 1. The molecule has 1 unspecified atom stereocenters. The van der Waals surface area contributed by atoms with Crippen molar-refractivity contribution in [3.05, 3.63) is 101 Å². The van der Waals surface area contributed by atoms with E-state index in [2.05, 4.69) is 5.32 Å². The number of carbonyl (C=O) groups excluding carboxylic acids is 3. The van der Waals surface area contributed by atoms with E-state index in [0.29, 0.717) is 11.8 Å². The minimum Gasteiger partial charge on any atom is -0.462 e. The number of thiocarbonyl (C=S) groups is 1. The van der Waals surface area contributed by atoms with Crippen molar-refractivity contribution in [2.24, 2.45) is 0 Å². The molecule has 1 aliphatic rings. The maximum Gasteiger partial charge on any atom is 0.338 e. The molecule has 0 bridgehead atoms. The zero-order valence-corrected chi connectivity index (χ0v) is 21.9. The Kier molecular flexibility index (Phi) is 8.78. The molecule has 1 aliphatic heterocycles. The number of anilines is 1. The van der Waals surface area contributed by atoms with Crippen LogP contribution in [-0.2, 0) is 27.4 Å². The number of hydrogen-bond acceptors (Lipinski definition) is 5. The summed E-state index contributed by atoms with van der Waals surface area (Å²) in [5.41, 5.74) is 0.746. The molecule has 1 heterocycles. The molecule has 1 atom stereocenters. The van der Waals surface area contributed by atoms with Crippen LogP contribution in [0.1, 0.15) is 34.8 Å². The largest absolute Gasteiger partial charge is 0.462 e. The van der Waals surface area contributed by atoms with Crippen molar-refractivity contribution >= 4 is 40.8 Å². The number of amides is 2. The van der Waals surface area contributed by atoms with Crippen LogP contribution in [0.4, 0.5) is 23.2 Å². The highest BCUT2D eigenvalue weighted by atomic mass is 32.1. The van der Waals surface area contributed by atoms with E-state index in [4.69, 9.17) is 17.0 Å². The minimum absolute atomic E-state index is 0.0388. The van der Waals surface area contributed by atoms with Gasteiger partial charge in [0.25, 0.3) is 5.91 Å². The second-order valence-electron chi connectivity index (χ2n) is 8.85. The van der Waals surface area contributed by atoms with Crippen molar-refractivity contribution in [2.75, 3.05) is 11.9 Å². The number of rotatable bonds is 9. The first kappa shape index (κ1) is 28.7. The van der Waals surface area contributed by atoms with Gasteiger partial charge in [-0.05, 0) is 55.0 Å². The summed E-state index contributed by atoms with van der Waals surface area (Å²) in [5, 5.41) is 2.53. The molecule has 7 nitrogen and oxygen atoms in total. The number of esters is 1. The maximum absolute atomic E-state index is 14.5. The van der Waals surface area contributed by atoms with Crippen molar-refractivity contribution in [1.82, 2.24) is 9.80 Å². The number of halogens is 4. The fourth-order valence-electron chi connectivity index (χ4n) is 4.19. The third-order valence-corrected chi connectivity index (χ3v) is 6.62. The molecule has 3 aromatic carbocycles. The zero-order chi connectivity index (χ0) is 29.0. The highest BCUT2D eigenvalue weighted by Gasteiger charge is 2.43. The van der Waals surface area contributed by atoms with E-state index in [9.17, 15) is 31.9 Å². The Labute approximate surface area is 232 Å². The normalized spacial score (nSPS) is 15.0. The second kappa shape index (κ2) is 12.2. The Hall–Kier alpha value is -4.32. The van der Waals surface area contributed by atoms with Gasteiger partial charge in [-0.1, -0.05) is 30.3 Å². The van der Waals surface area contributed by atoms with E-state index in [0.717, 1.165) is 5.56 Å². The number of nitrogens with one attached hydrogen (secondary N) is 1. The summed E-state index contributed by atoms with van der Waals surface area (Å²) < 4.78 is 60.8. The molecular weight excluding hydrogens is 550 g/mol. The lowest BCUT2D eigenvalue weighted by molar-refractivity contribution is -0.131. The van der Waals surface area contributed by atoms with Gasteiger partial charge in [-0.2, -0.15) is 0 Å². The fourth-order valence-corrected chi connectivity index (χ4v) is 4.54. The second-order valence-corrected chi connectivity index (χ2v) is 9.21. The summed E-state index contributed by atoms with van der Waals surface area (Å²) >= 11 is 5.46. The summed E-state index contributed by atoms with van der Waals surface area (Å²) in [6.07, 6.45) is -0.447. The number of ether oxygens (including phenoxy) is 1. The van der Waals surface area contributed by atoms with Gasteiger partial charge in [0, 0.05) is 17.8 Å². The summed E-state index contributed by atoms with van der Waals surface area (Å²) in [4.78, 5) is 40.6. The van der Waals surface area contributed by atoms with Gasteiger partial charge in [-0.15, -0.1) is 0 Å². The number of nitrogens with zero attached hydrogens (tertiary/aromatic N) is 2. The SMILES string of the molecule is CCOC(=O)c1ccc(NC(=O)CC2C(=O)N(Cc3ccccc3)C(=S)N2Cc2cc(F)c(F)c(F)c2F)cc1. The van der Waals surface area contributed by atoms with E-state index < -0.39 is 65.6 Å². The van der Waals surface area contributed by atoms with Gasteiger partial charge < -0.3 is 15.0 Å². The van der Waals surface area contributed by atoms with Crippen LogP contribution in [0.25, 0.3) is 0 Å². The Bertz CT molecular complexity index is 1450. The van der Waals surface area contributed by atoms with Crippen LogP contribution < -0.4 is 5.32 Å². The lowest BCUT2D eigenvalue weighted by atomic mass is 10.1. The van der Waals surface area contributed by atoms with Crippen molar-refractivity contribution in [3.8, 4) is 0 Å². The standard InChI is InChI=1S/C28H23F4N3O4S/c1-2-39-27(38)17-8-10-19(11-9-17)33-22(36)13-21-26(37)35(14-16-6-4-3-5-7-16)28(40)34(21)15-18-12-20(29)24(31)25(32)23(18)30/h3-12,21H,2,13-15H2,1H3,(H,33,36). The molecule has 3 aromatic rings. The minimum atomic E-state index is -1.99. The molecule has 0 saturated carbocycles. The Morgan fingerprint density at radius 1 is 0.950 bits per heavy atom. The Balaban J connectivity index is 1.57. The molecule has 4 rings (SSSR count). The van der Waals surface area contributed by atoms with Gasteiger partial charge in [0.05, 0.1) is 25.1 Å². The van der Waals surface area contributed by atoms with Crippen LogP contribution in [0.2, 0.25) is 0 Å². The predicted molar refractivity (Wildman–Crippen MR) is 141 cm³/mol. The topological polar surface area (TPSA) is 78.9 Å². The summed E-state index contributed by atoms with van der Waals surface area (Å²) in [6.45, 7) is 1.32. The Morgan fingerprint density at radius 2 is 1.62 bits per heavy atom. The molecule has 0 spiro atoms. The maximum atomic E-state index is 14.5. The van der Waals surface area contributed by atoms with Crippen LogP contribution in [0.3, 0.4) is 0 Å². The van der Waals surface area contributed by atoms with Crippen molar-refractivity contribution < 1.29 is 36.7 Å². The van der Waals surface area contributed by atoms with Crippen LogP contribution in [-0.4, -0.2) is 45.3 Å². The molecule has 1 N–H and O–H groups in total. The summed E-state index contributed by atoms with van der Waals surface area (Å²) in [7, 11) is 0. The zero-order valence-electron chi connectivity index (χ0n) is 21.1. The predicted octanol–water partition coefficient (Wildman–Crippen LogP) is 4.95. The van der Waals surface area contributed by atoms with Crippen LogP contribution in [0.15, 0.2) is 60.7 Å². The quantitative estimate of drug-likeness (QED) is 0.128. The highest BCUT2D eigenvalue weighted by Crippen LogP contribution is 2.28. The molecule has 2 amide bonds. The summed E-state index contributed by atoms with van der Waals surface area (Å²) in [6, 6.07) is 13.9. The molecular formula is C28H23F4N3O4S. The monoisotopic (exact) mass is 573 g/mol. The molecule has 12 heteroatoms. The number of carbonyl (C=O) groups is 3. The molecule has 0 aliphatic carbocycles. The van der Waals surface area contributed by atoms with E-state index >= 15 is 0 Å². The summed E-state index contributed by atoms with van der Waals surface area (Å²) in [5.74, 6) is -8.91. The lowest BCUT2D eigenvalue weighted by Crippen LogP contribution is -2.37. The molecule has 1 saturated heterocycles. The Morgan fingerprint density at radius 3 is 2.27 bits per heavy atom. The van der Waals surface area contributed by atoms with Crippen LogP contribution in [0, 0.1) is 23.3 Å². The van der Waals surface area contributed by atoms with Gasteiger partial charge in [-0.3, -0.25) is 14.5 Å². The van der Waals surface area contributed by atoms with Crippen molar-refractivity contribution in [3.63, 3.8) is 0 Å². The third-order valence-electron chi connectivity index (χ3n) is 6.16. The third kappa shape index (κ3) is 6.12. The van der Waals surface area contributed by atoms with Gasteiger partial charge in [0.15, 0.2) is 28.4 Å². The van der Waals surface area contributed by atoms with E-state index in [1.54, 1.807) is 37.3 Å². The van der Waals surface area contributed by atoms with Crippen molar-refractivity contribution in [1.29, 1.82) is 0 Å². The van der Waals surface area contributed by atoms with Crippen molar-refractivity contribution in [2.45, 2.75) is 32.5 Å². The highest BCUT2D eigenvalue weighted by molar-refractivity contribution is 7.80. The van der Waals surface area contributed by atoms with E-state index in [1.807, 2.05) is 0 Å². The number of benzene rings is 3. The first-order valence-corrected chi connectivity index (χ1v) is 12.6. The molecule has 208 valence electrons. The average molecular weight is 574 g/mol. The van der Waals surface area contributed by atoms with E-state index in [-0.39, 0.29) is 23.8 Å². The van der Waals surface area contributed by atoms with E-state index in [1.165, 1.54) is 34.1 Å². The average Bonchev–Trinajstić information content (AvgIpc) is 3.15. The molecule has 0 radical (unpaired) electrons. The smallest absolute Gasteiger partial charge is 0.338 e. The first-order chi connectivity index (χ1) is 19.1. The molecule has 40 heavy (non-hydrogen) atoms. The molecule has 0 aromatic heterocycles. The lowest BCUT2D eigenvalue weighted by Gasteiger charge is -2.24. The fraction of sp³-hybridized carbons (Fsp3) is 0.214. The van der Waals surface area contributed by atoms with Gasteiger partial charge in [0.2, 0.25) is 5.91 Å².